The highest BCUT2D eigenvalue weighted by molar-refractivity contribution is 5.38. The fourth-order valence-electron chi connectivity index (χ4n) is 3.29. The third-order valence-corrected chi connectivity index (χ3v) is 4.20. The molecule has 104 valence electrons. The smallest absolute Gasteiger partial charge is 0.130 e. The molecule has 2 aromatic carbocycles. The van der Waals surface area contributed by atoms with Crippen LogP contribution in [0.25, 0.3) is 0 Å². The van der Waals surface area contributed by atoms with Crippen LogP contribution in [0.4, 0.5) is 8.78 Å². The molecule has 0 saturated carbocycles. The second-order valence-corrected chi connectivity index (χ2v) is 5.25. The Labute approximate surface area is 117 Å². The van der Waals surface area contributed by atoms with Crippen LogP contribution in [0.5, 0.6) is 0 Å². The van der Waals surface area contributed by atoms with E-state index in [9.17, 15) is 8.78 Å². The second-order valence-electron chi connectivity index (χ2n) is 5.25. The highest BCUT2D eigenvalue weighted by atomic mass is 19.1. The second kappa shape index (κ2) is 5.33. The van der Waals surface area contributed by atoms with Crippen molar-refractivity contribution in [2.24, 2.45) is 0 Å². The van der Waals surface area contributed by atoms with Crippen LogP contribution in [0, 0.1) is 11.6 Å². The average molecular weight is 273 g/mol. The number of benzene rings is 2. The van der Waals surface area contributed by atoms with Gasteiger partial charge in [0.1, 0.15) is 11.6 Å². The Morgan fingerprint density at radius 1 is 1.05 bits per heavy atom. The van der Waals surface area contributed by atoms with E-state index in [-0.39, 0.29) is 17.5 Å². The van der Waals surface area contributed by atoms with Gasteiger partial charge in [0.2, 0.25) is 0 Å². The molecule has 0 bridgehead atoms. The summed E-state index contributed by atoms with van der Waals surface area (Å²) in [4.78, 5) is 0. The largest absolute Gasteiger partial charge is 0.312 e. The van der Waals surface area contributed by atoms with Crippen molar-refractivity contribution in [3.63, 3.8) is 0 Å². The molecule has 0 amide bonds. The van der Waals surface area contributed by atoms with Gasteiger partial charge in [0.05, 0.1) is 0 Å². The number of aryl methyl sites for hydroxylation is 1. The number of rotatable bonds is 3. The Morgan fingerprint density at radius 2 is 1.75 bits per heavy atom. The Bertz CT molecular complexity index is 604. The molecular formula is C17H17F2N. The summed E-state index contributed by atoms with van der Waals surface area (Å²) in [5.41, 5.74) is 2.64. The van der Waals surface area contributed by atoms with E-state index >= 15 is 0 Å². The first-order valence-corrected chi connectivity index (χ1v) is 6.91. The van der Waals surface area contributed by atoms with E-state index in [0.29, 0.717) is 0 Å². The van der Waals surface area contributed by atoms with Gasteiger partial charge in [-0.2, -0.15) is 0 Å². The summed E-state index contributed by atoms with van der Waals surface area (Å²) in [6.07, 6.45) is 1.88. The zero-order valence-electron chi connectivity index (χ0n) is 11.4. The lowest BCUT2D eigenvalue weighted by molar-refractivity contribution is 0.429. The lowest BCUT2D eigenvalue weighted by atomic mass is 9.88. The minimum atomic E-state index is -0.478. The molecule has 20 heavy (non-hydrogen) atoms. The summed E-state index contributed by atoms with van der Waals surface area (Å²) in [7, 11) is 1.76. The number of fused-ring (bicyclic) bond motifs is 1. The van der Waals surface area contributed by atoms with Crippen molar-refractivity contribution in [2.45, 2.75) is 24.8 Å². The summed E-state index contributed by atoms with van der Waals surface area (Å²) in [6.45, 7) is 0. The van der Waals surface area contributed by atoms with Gasteiger partial charge >= 0.3 is 0 Å². The minimum Gasteiger partial charge on any atom is -0.312 e. The lowest BCUT2D eigenvalue weighted by Gasteiger charge is -2.25. The lowest BCUT2D eigenvalue weighted by Crippen LogP contribution is -2.25. The number of likely N-dealkylation sites (N-methyl/N-ethyl adjacent to an activating group) is 1. The molecule has 2 aromatic rings. The molecule has 0 spiro atoms. The predicted octanol–water partition coefficient (Wildman–Crippen LogP) is 3.96. The van der Waals surface area contributed by atoms with Gasteiger partial charge in [-0.05, 0) is 43.1 Å². The van der Waals surface area contributed by atoms with E-state index in [1.54, 1.807) is 7.05 Å². The number of hydrogen-bond donors (Lipinski definition) is 1. The normalized spacial score (nSPS) is 18.9. The van der Waals surface area contributed by atoms with Crippen molar-refractivity contribution in [1.82, 2.24) is 5.32 Å². The highest BCUT2D eigenvalue weighted by Gasteiger charge is 2.32. The van der Waals surface area contributed by atoms with Gasteiger partial charge in [0.15, 0.2) is 0 Å². The summed E-state index contributed by atoms with van der Waals surface area (Å²) in [6, 6.07) is 11.9. The van der Waals surface area contributed by atoms with Crippen molar-refractivity contribution in [1.29, 1.82) is 0 Å². The molecule has 2 atom stereocenters. The molecule has 3 rings (SSSR count). The van der Waals surface area contributed by atoms with Gasteiger partial charge in [-0.1, -0.05) is 30.3 Å². The molecule has 0 aromatic heterocycles. The summed E-state index contributed by atoms with van der Waals surface area (Å²) in [5, 5.41) is 3.10. The first kappa shape index (κ1) is 13.3. The quantitative estimate of drug-likeness (QED) is 0.892. The molecule has 0 aliphatic heterocycles. The topological polar surface area (TPSA) is 12.0 Å². The average Bonchev–Trinajstić information content (AvgIpc) is 2.87. The molecule has 0 saturated heterocycles. The third kappa shape index (κ3) is 2.12. The SMILES string of the molecule is CNC(c1c(F)cccc1F)C1CCc2ccccc21. The molecule has 1 nitrogen and oxygen atoms in total. The van der Waals surface area contributed by atoms with E-state index in [4.69, 9.17) is 0 Å². The fourth-order valence-corrected chi connectivity index (χ4v) is 3.29. The molecule has 0 heterocycles. The van der Waals surface area contributed by atoms with Crippen LogP contribution in [-0.4, -0.2) is 7.05 Å². The Hall–Kier alpha value is -1.74. The van der Waals surface area contributed by atoms with Crippen LogP contribution in [0.1, 0.15) is 35.1 Å². The molecule has 1 N–H and O–H groups in total. The van der Waals surface area contributed by atoms with E-state index in [1.807, 2.05) is 12.1 Å². The Balaban J connectivity index is 2.04. The van der Waals surface area contributed by atoms with Crippen molar-refractivity contribution in [3.8, 4) is 0 Å². The first-order chi connectivity index (χ1) is 9.72. The highest BCUT2D eigenvalue weighted by Crippen LogP contribution is 2.42. The summed E-state index contributed by atoms with van der Waals surface area (Å²) in [5.74, 6) is -0.843. The van der Waals surface area contributed by atoms with Crippen molar-refractivity contribution >= 4 is 0 Å². The summed E-state index contributed by atoms with van der Waals surface area (Å²) < 4.78 is 28.1. The van der Waals surface area contributed by atoms with Gasteiger partial charge in [-0.3, -0.25) is 0 Å². The molecular weight excluding hydrogens is 256 g/mol. The van der Waals surface area contributed by atoms with Crippen molar-refractivity contribution in [3.05, 3.63) is 70.8 Å². The number of nitrogens with one attached hydrogen (secondary N) is 1. The van der Waals surface area contributed by atoms with Gasteiger partial charge in [-0.25, -0.2) is 8.78 Å². The van der Waals surface area contributed by atoms with Crippen LogP contribution >= 0.6 is 0 Å². The number of hydrogen-bond acceptors (Lipinski definition) is 1. The predicted molar refractivity (Wildman–Crippen MR) is 75.7 cm³/mol. The van der Waals surface area contributed by atoms with Crippen LogP contribution in [-0.2, 0) is 6.42 Å². The van der Waals surface area contributed by atoms with E-state index in [1.165, 1.54) is 29.3 Å². The van der Waals surface area contributed by atoms with Crippen molar-refractivity contribution in [2.75, 3.05) is 7.05 Å². The number of halogens is 2. The van der Waals surface area contributed by atoms with Gasteiger partial charge < -0.3 is 5.32 Å². The van der Waals surface area contributed by atoms with Gasteiger partial charge in [0.25, 0.3) is 0 Å². The van der Waals surface area contributed by atoms with Crippen LogP contribution in [0.2, 0.25) is 0 Å². The molecule has 1 aliphatic carbocycles. The first-order valence-electron chi connectivity index (χ1n) is 6.91. The maximum Gasteiger partial charge on any atom is 0.130 e. The van der Waals surface area contributed by atoms with E-state index in [0.717, 1.165) is 12.8 Å². The Kier molecular flexibility index (Phi) is 3.53. The van der Waals surface area contributed by atoms with E-state index < -0.39 is 11.6 Å². The monoisotopic (exact) mass is 273 g/mol. The van der Waals surface area contributed by atoms with Gasteiger partial charge in [-0.15, -0.1) is 0 Å². The Morgan fingerprint density at radius 3 is 2.45 bits per heavy atom. The van der Waals surface area contributed by atoms with Crippen LogP contribution in [0.3, 0.4) is 0 Å². The summed E-state index contributed by atoms with van der Waals surface area (Å²) >= 11 is 0. The zero-order valence-corrected chi connectivity index (χ0v) is 11.4. The maximum absolute atomic E-state index is 14.0. The van der Waals surface area contributed by atoms with E-state index in [2.05, 4.69) is 17.4 Å². The molecule has 1 aliphatic rings. The van der Waals surface area contributed by atoms with Gasteiger partial charge in [0, 0.05) is 17.5 Å². The molecule has 3 heteroatoms. The molecule has 0 fully saturated rings. The zero-order chi connectivity index (χ0) is 14.1. The fraction of sp³-hybridized carbons (Fsp3) is 0.294. The molecule has 2 unspecified atom stereocenters. The third-order valence-electron chi connectivity index (χ3n) is 4.20. The van der Waals surface area contributed by atoms with Crippen LogP contribution < -0.4 is 5.32 Å². The maximum atomic E-state index is 14.0. The molecule has 0 radical (unpaired) electrons. The minimum absolute atomic E-state index is 0.114. The van der Waals surface area contributed by atoms with Crippen molar-refractivity contribution < 1.29 is 8.78 Å². The standard InChI is InChI=1S/C17H17F2N/c1-20-17(16-14(18)7-4-8-15(16)19)13-10-9-11-5-2-3-6-12(11)13/h2-8,13,17,20H,9-10H2,1H3. The van der Waals surface area contributed by atoms with Crippen LogP contribution in [0.15, 0.2) is 42.5 Å².